The maximum Gasteiger partial charge on any atom is 0.244 e. The van der Waals surface area contributed by atoms with E-state index in [1.54, 1.807) is 30.0 Å². The lowest BCUT2D eigenvalue weighted by molar-refractivity contribution is -0.138. The first kappa shape index (κ1) is 22.1. The predicted octanol–water partition coefficient (Wildman–Crippen LogP) is 4.14. The number of hydrogen-bond donors (Lipinski definition) is 1. The zero-order chi connectivity index (χ0) is 21.8. The molecule has 1 fully saturated rings. The number of carbonyl (C=O) groups excluding carboxylic acids is 3. The van der Waals surface area contributed by atoms with Crippen molar-refractivity contribution in [1.29, 1.82) is 0 Å². The van der Waals surface area contributed by atoms with E-state index in [0.717, 1.165) is 11.3 Å². The van der Waals surface area contributed by atoms with Crippen molar-refractivity contribution in [3.05, 3.63) is 58.1 Å². The smallest absolute Gasteiger partial charge is 0.244 e. The number of hydrogen-bond acceptors (Lipinski definition) is 3. The summed E-state index contributed by atoms with van der Waals surface area (Å²) in [5.74, 6) is -1.21. The molecule has 2 aromatic carbocycles. The number of para-hydroxylation sites is 1. The molecule has 0 spiro atoms. The fourth-order valence-electron chi connectivity index (χ4n) is 3.42. The third-order valence-corrected chi connectivity index (χ3v) is 5.70. The second-order valence-electron chi connectivity index (χ2n) is 7.24. The molecule has 0 radical (unpaired) electrons. The summed E-state index contributed by atoms with van der Waals surface area (Å²) in [6, 6.07) is 12.5. The third kappa shape index (κ3) is 4.94. The molecule has 1 aliphatic rings. The van der Waals surface area contributed by atoms with E-state index < -0.39 is 11.8 Å². The highest BCUT2D eigenvalue weighted by atomic mass is 35.5. The Labute approximate surface area is 185 Å². The molecule has 158 valence electrons. The van der Waals surface area contributed by atoms with Crippen molar-refractivity contribution in [1.82, 2.24) is 4.90 Å². The molecule has 1 saturated heterocycles. The Morgan fingerprint density at radius 1 is 1.13 bits per heavy atom. The molecule has 30 heavy (non-hydrogen) atoms. The van der Waals surface area contributed by atoms with Crippen molar-refractivity contribution in [2.24, 2.45) is 5.92 Å². The zero-order valence-electron chi connectivity index (χ0n) is 16.8. The van der Waals surface area contributed by atoms with Crippen LogP contribution < -0.4 is 10.2 Å². The quantitative estimate of drug-likeness (QED) is 0.722. The number of carbonyl (C=O) groups is 3. The Balaban J connectivity index is 1.65. The molecule has 0 saturated carbocycles. The molecule has 1 atom stereocenters. The Morgan fingerprint density at radius 2 is 1.77 bits per heavy atom. The molecule has 0 aliphatic carbocycles. The summed E-state index contributed by atoms with van der Waals surface area (Å²) < 4.78 is 0. The largest absolute Gasteiger partial charge is 0.333 e. The fraction of sp³-hybridized carbons (Fsp3) is 0.318. The van der Waals surface area contributed by atoms with Crippen molar-refractivity contribution in [3.8, 4) is 0 Å². The summed E-state index contributed by atoms with van der Waals surface area (Å²) in [5.41, 5.74) is 2.19. The lowest BCUT2D eigenvalue weighted by Crippen LogP contribution is -2.42. The van der Waals surface area contributed by atoms with Crippen molar-refractivity contribution >= 4 is 52.3 Å². The Morgan fingerprint density at radius 3 is 2.37 bits per heavy atom. The van der Waals surface area contributed by atoms with E-state index in [1.807, 2.05) is 31.2 Å². The SMILES string of the molecule is CCN(CC(=O)Nc1c(Cl)cccc1Cl)C(=O)C1CC(=O)N(c2ccc(C)cc2)C1. The minimum absolute atomic E-state index is 0.0967. The van der Waals surface area contributed by atoms with Crippen LogP contribution in [0.25, 0.3) is 0 Å². The van der Waals surface area contributed by atoms with Gasteiger partial charge in [0.2, 0.25) is 17.7 Å². The van der Waals surface area contributed by atoms with Gasteiger partial charge in [-0.1, -0.05) is 47.0 Å². The monoisotopic (exact) mass is 447 g/mol. The van der Waals surface area contributed by atoms with Crippen molar-refractivity contribution in [3.63, 3.8) is 0 Å². The first-order chi connectivity index (χ1) is 14.3. The van der Waals surface area contributed by atoms with E-state index in [9.17, 15) is 14.4 Å². The molecule has 8 heteroatoms. The summed E-state index contributed by atoms with van der Waals surface area (Å²) in [5, 5.41) is 3.30. The molecule has 6 nitrogen and oxygen atoms in total. The number of nitrogens with zero attached hydrogens (tertiary/aromatic N) is 2. The third-order valence-electron chi connectivity index (χ3n) is 5.07. The summed E-state index contributed by atoms with van der Waals surface area (Å²) in [6.45, 7) is 4.27. The molecule has 1 unspecified atom stereocenters. The molecule has 2 aromatic rings. The molecule has 3 rings (SSSR count). The zero-order valence-corrected chi connectivity index (χ0v) is 18.3. The highest BCUT2D eigenvalue weighted by Crippen LogP contribution is 2.30. The lowest BCUT2D eigenvalue weighted by Gasteiger charge is -2.24. The van der Waals surface area contributed by atoms with E-state index in [2.05, 4.69) is 5.32 Å². The van der Waals surface area contributed by atoms with Gasteiger partial charge in [-0.3, -0.25) is 14.4 Å². The van der Waals surface area contributed by atoms with Gasteiger partial charge in [0.25, 0.3) is 0 Å². The van der Waals surface area contributed by atoms with E-state index in [0.29, 0.717) is 28.8 Å². The highest BCUT2D eigenvalue weighted by Gasteiger charge is 2.37. The molecule has 1 aliphatic heterocycles. The molecule has 0 bridgehead atoms. The van der Waals surface area contributed by atoms with Gasteiger partial charge >= 0.3 is 0 Å². The Bertz CT molecular complexity index is 942. The standard InChI is InChI=1S/C22H23Cl2N3O3/c1-3-26(13-19(28)25-21-17(23)5-4-6-18(21)24)22(30)15-11-20(29)27(12-15)16-9-7-14(2)8-10-16/h4-10,15H,3,11-13H2,1-2H3,(H,25,28). The summed E-state index contributed by atoms with van der Waals surface area (Å²) in [4.78, 5) is 41.0. The fourth-order valence-corrected chi connectivity index (χ4v) is 3.91. The first-order valence-electron chi connectivity index (χ1n) is 9.69. The average Bonchev–Trinajstić information content (AvgIpc) is 3.11. The molecule has 1 heterocycles. The van der Waals surface area contributed by atoms with Gasteiger partial charge < -0.3 is 15.1 Å². The summed E-state index contributed by atoms with van der Waals surface area (Å²) in [6.07, 6.45) is 0.126. The number of amides is 3. The minimum Gasteiger partial charge on any atom is -0.333 e. The average molecular weight is 448 g/mol. The van der Waals surface area contributed by atoms with Crippen LogP contribution in [0.15, 0.2) is 42.5 Å². The molecule has 0 aromatic heterocycles. The number of likely N-dealkylation sites (N-methyl/N-ethyl adjacent to an activating group) is 1. The van der Waals surface area contributed by atoms with E-state index in [4.69, 9.17) is 23.2 Å². The summed E-state index contributed by atoms with van der Waals surface area (Å²) in [7, 11) is 0. The first-order valence-corrected chi connectivity index (χ1v) is 10.5. The Kier molecular flexibility index (Phi) is 7.00. The molecule has 3 amide bonds. The Hall–Kier alpha value is -2.57. The van der Waals surface area contributed by atoms with E-state index >= 15 is 0 Å². The van der Waals surface area contributed by atoms with Crippen LogP contribution in [0.4, 0.5) is 11.4 Å². The summed E-state index contributed by atoms with van der Waals surface area (Å²) >= 11 is 12.2. The van der Waals surface area contributed by atoms with Crippen LogP contribution >= 0.6 is 23.2 Å². The lowest BCUT2D eigenvalue weighted by atomic mass is 10.1. The molecular weight excluding hydrogens is 425 g/mol. The van der Waals surface area contributed by atoms with Crippen molar-refractivity contribution in [2.75, 3.05) is 29.9 Å². The highest BCUT2D eigenvalue weighted by molar-refractivity contribution is 6.39. The van der Waals surface area contributed by atoms with Crippen LogP contribution in [0.5, 0.6) is 0 Å². The van der Waals surface area contributed by atoms with Gasteiger partial charge in [0, 0.05) is 25.2 Å². The second kappa shape index (κ2) is 9.49. The van der Waals surface area contributed by atoms with Gasteiger partial charge in [0.15, 0.2) is 0 Å². The number of benzene rings is 2. The van der Waals surface area contributed by atoms with Gasteiger partial charge in [-0.05, 0) is 38.1 Å². The van der Waals surface area contributed by atoms with Gasteiger partial charge in [-0.25, -0.2) is 0 Å². The number of nitrogens with one attached hydrogen (secondary N) is 1. The number of aryl methyl sites for hydroxylation is 1. The topological polar surface area (TPSA) is 69.7 Å². The second-order valence-corrected chi connectivity index (χ2v) is 8.05. The number of halogens is 2. The van der Waals surface area contributed by atoms with Crippen LogP contribution in [0.2, 0.25) is 10.0 Å². The normalized spacial score (nSPS) is 15.9. The van der Waals surface area contributed by atoms with Gasteiger partial charge in [0.1, 0.15) is 0 Å². The van der Waals surface area contributed by atoms with Gasteiger partial charge in [-0.2, -0.15) is 0 Å². The number of anilines is 2. The van der Waals surface area contributed by atoms with Crippen molar-refractivity contribution < 1.29 is 14.4 Å². The van der Waals surface area contributed by atoms with E-state index in [-0.39, 0.29) is 24.8 Å². The van der Waals surface area contributed by atoms with Gasteiger partial charge in [-0.15, -0.1) is 0 Å². The van der Waals surface area contributed by atoms with Crippen molar-refractivity contribution in [2.45, 2.75) is 20.3 Å². The van der Waals surface area contributed by atoms with Crippen LogP contribution in [0.3, 0.4) is 0 Å². The van der Waals surface area contributed by atoms with Crippen LogP contribution in [0.1, 0.15) is 18.9 Å². The molecule has 1 N–H and O–H groups in total. The predicted molar refractivity (Wildman–Crippen MR) is 119 cm³/mol. The van der Waals surface area contributed by atoms with Crippen LogP contribution in [-0.4, -0.2) is 42.3 Å². The van der Waals surface area contributed by atoms with Crippen LogP contribution in [0, 0.1) is 12.8 Å². The van der Waals surface area contributed by atoms with Gasteiger partial charge in [0.05, 0.1) is 28.2 Å². The number of rotatable bonds is 6. The minimum atomic E-state index is -0.490. The maximum atomic E-state index is 13.0. The van der Waals surface area contributed by atoms with E-state index in [1.165, 1.54) is 4.90 Å². The van der Waals surface area contributed by atoms with Crippen LogP contribution in [-0.2, 0) is 14.4 Å². The molecular formula is C22H23Cl2N3O3. The maximum absolute atomic E-state index is 13.0.